The lowest BCUT2D eigenvalue weighted by atomic mass is 10.1. The van der Waals surface area contributed by atoms with Gasteiger partial charge >= 0.3 is 0 Å². The number of aliphatic hydroxyl groups is 1. The van der Waals surface area contributed by atoms with Crippen LogP contribution in [0.25, 0.3) is 0 Å². The molecule has 1 aromatic heterocycles. The van der Waals surface area contributed by atoms with Crippen LogP contribution in [0, 0.1) is 6.92 Å². The molecule has 0 fully saturated rings. The van der Waals surface area contributed by atoms with Gasteiger partial charge in [0, 0.05) is 0 Å². The number of allylic oxidation sites excluding steroid dienone is 1. The Morgan fingerprint density at radius 2 is 2.25 bits per heavy atom. The topological polar surface area (TPSA) is 20.2 Å². The molecule has 3 heteroatoms. The third-order valence-corrected chi connectivity index (χ3v) is 4.43. The van der Waals surface area contributed by atoms with Crippen molar-refractivity contribution in [2.24, 2.45) is 0 Å². The summed E-state index contributed by atoms with van der Waals surface area (Å²) in [5.74, 6) is 0. The van der Waals surface area contributed by atoms with E-state index in [1.165, 1.54) is 0 Å². The first kappa shape index (κ1) is 13.8. The predicted molar refractivity (Wildman–Crippen MR) is 72.3 cm³/mol. The molecular weight excluding hydrogens is 240 g/mol. The fraction of sp³-hybridized carbons (Fsp3) is 0.538. The molecular formula is C13H19ClOS. The highest BCUT2D eigenvalue weighted by Crippen LogP contribution is 2.34. The number of unbranched alkanes of at least 4 members (excludes halogenated alkanes) is 3. The van der Waals surface area contributed by atoms with Crippen molar-refractivity contribution in [3.05, 3.63) is 33.5 Å². The van der Waals surface area contributed by atoms with Crippen molar-refractivity contribution in [3.63, 3.8) is 0 Å². The van der Waals surface area contributed by atoms with Gasteiger partial charge in [-0.3, -0.25) is 0 Å². The molecule has 0 aliphatic heterocycles. The SMILES string of the molecule is C=CCCCCCC(O)c1scc(C)c1Cl. The average Bonchev–Trinajstić information content (AvgIpc) is 2.59. The molecule has 1 aromatic rings. The Hall–Kier alpha value is -0.310. The standard InChI is InChI=1S/C13H19ClOS/c1-3-4-5-6-7-8-11(15)13-12(14)10(2)9-16-13/h3,9,11,15H,1,4-8H2,2H3. The molecule has 0 saturated carbocycles. The van der Waals surface area contributed by atoms with E-state index >= 15 is 0 Å². The van der Waals surface area contributed by atoms with Crippen molar-refractivity contribution >= 4 is 22.9 Å². The first-order valence-electron chi connectivity index (χ1n) is 5.69. The molecule has 0 aliphatic rings. The van der Waals surface area contributed by atoms with Gasteiger partial charge in [-0.25, -0.2) is 0 Å². The number of aliphatic hydroxyl groups excluding tert-OH is 1. The van der Waals surface area contributed by atoms with Crippen LogP contribution in [-0.2, 0) is 0 Å². The molecule has 1 N–H and O–H groups in total. The van der Waals surface area contributed by atoms with Gasteiger partial charge < -0.3 is 5.11 Å². The van der Waals surface area contributed by atoms with Gasteiger partial charge in [-0.1, -0.05) is 30.5 Å². The van der Waals surface area contributed by atoms with Crippen LogP contribution in [0.1, 0.15) is 48.6 Å². The average molecular weight is 259 g/mol. The molecule has 1 nitrogen and oxygen atoms in total. The van der Waals surface area contributed by atoms with E-state index in [2.05, 4.69) is 6.58 Å². The zero-order valence-electron chi connectivity index (χ0n) is 9.71. The zero-order valence-corrected chi connectivity index (χ0v) is 11.3. The lowest BCUT2D eigenvalue weighted by Gasteiger charge is -2.08. The van der Waals surface area contributed by atoms with Gasteiger partial charge in [-0.15, -0.1) is 17.9 Å². The molecule has 0 aromatic carbocycles. The summed E-state index contributed by atoms with van der Waals surface area (Å²) in [7, 11) is 0. The van der Waals surface area contributed by atoms with Crippen molar-refractivity contribution in [1.82, 2.24) is 0 Å². The molecule has 1 heterocycles. The quantitative estimate of drug-likeness (QED) is 0.546. The highest BCUT2D eigenvalue weighted by molar-refractivity contribution is 7.10. The summed E-state index contributed by atoms with van der Waals surface area (Å²) in [4.78, 5) is 0.919. The largest absolute Gasteiger partial charge is 0.388 e. The Morgan fingerprint density at radius 3 is 2.81 bits per heavy atom. The first-order chi connectivity index (χ1) is 7.66. The van der Waals surface area contributed by atoms with Crippen LogP contribution in [0.4, 0.5) is 0 Å². The monoisotopic (exact) mass is 258 g/mol. The van der Waals surface area contributed by atoms with E-state index in [1.54, 1.807) is 11.3 Å². The zero-order chi connectivity index (χ0) is 12.0. The summed E-state index contributed by atoms with van der Waals surface area (Å²) in [6, 6.07) is 0. The number of halogens is 1. The minimum absolute atomic E-state index is 0.394. The van der Waals surface area contributed by atoms with Gasteiger partial charge in [0.2, 0.25) is 0 Å². The summed E-state index contributed by atoms with van der Waals surface area (Å²) in [5.41, 5.74) is 1.06. The first-order valence-corrected chi connectivity index (χ1v) is 6.95. The molecule has 1 unspecified atom stereocenters. The van der Waals surface area contributed by atoms with Gasteiger partial charge in [0.05, 0.1) is 16.0 Å². The van der Waals surface area contributed by atoms with Crippen LogP contribution in [0.2, 0.25) is 5.02 Å². The summed E-state index contributed by atoms with van der Waals surface area (Å²) in [5, 5.41) is 12.7. The van der Waals surface area contributed by atoms with Crippen molar-refractivity contribution in [2.75, 3.05) is 0 Å². The minimum atomic E-state index is -0.394. The van der Waals surface area contributed by atoms with E-state index in [0.717, 1.165) is 47.6 Å². The summed E-state index contributed by atoms with van der Waals surface area (Å²) < 4.78 is 0. The maximum Gasteiger partial charge on any atom is 0.0897 e. The van der Waals surface area contributed by atoms with Gasteiger partial charge in [-0.05, 0) is 37.1 Å². The van der Waals surface area contributed by atoms with Crippen LogP contribution < -0.4 is 0 Å². The normalized spacial score (nSPS) is 12.7. The number of aryl methyl sites for hydroxylation is 1. The van der Waals surface area contributed by atoms with Gasteiger partial charge in [0.1, 0.15) is 0 Å². The van der Waals surface area contributed by atoms with Gasteiger partial charge in [0.25, 0.3) is 0 Å². The maximum atomic E-state index is 9.98. The predicted octanol–water partition coefficient (Wildman–Crippen LogP) is 4.88. The van der Waals surface area contributed by atoms with Crippen molar-refractivity contribution < 1.29 is 5.11 Å². The lowest BCUT2D eigenvalue weighted by molar-refractivity contribution is 0.167. The third kappa shape index (κ3) is 3.93. The van der Waals surface area contributed by atoms with Gasteiger partial charge in [0.15, 0.2) is 0 Å². The fourth-order valence-electron chi connectivity index (χ4n) is 1.61. The molecule has 1 atom stereocenters. The summed E-state index contributed by atoms with van der Waals surface area (Å²) in [6.45, 7) is 5.66. The Labute approximate surface area is 107 Å². The molecule has 16 heavy (non-hydrogen) atoms. The second-order valence-corrected chi connectivity index (χ2v) is 5.33. The highest BCUT2D eigenvalue weighted by atomic mass is 35.5. The molecule has 0 bridgehead atoms. The van der Waals surface area contributed by atoms with Crippen LogP contribution >= 0.6 is 22.9 Å². The van der Waals surface area contributed by atoms with E-state index in [4.69, 9.17) is 11.6 Å². The van der Waals surface area contributed by atoms with E-state index in [1.807, 2.05) is 18.4 Å². The van der Waals surface area contributed by atoms with Crippen molar-refractivity contribution in [2.45, 2.75) is 45.1 Å². The Morgan fingerprint density at radius 1 is 1.50 bits per heavy atom. The van der Waals surface area contributed by atoms with E-state index < -0.39 is 6.10 Å². The van der Waals surface area contributed by atoms with E-state index in [0.29, 0.717) is 0 Å². The Bertz CT molecular complexity index is 333. The maximum absolute atomic E-state index is 9.98. The smallest absolute Gasteiger partial charge is 0.0897 e. The molecule has 1 rings (SSSR count). The van der Waals surface area contributed by atoms with Crippen molar-refractivity contribution in [3.8, 4) is 0 Å². The molecule has 90 valence electrons. The second-order valence-electron chi connectivity index (χ2n) is 4.04. The third-order valence-electron chi connectivity index (χ3n) is 2.61. The van der Waals surface area contributed by atoms with Crippen LogP contribution in [0.5, 0.6) is 0 Å². The number of hydrogen-bond donors (Lipinski definition) is 1. The second kappa shape index (κ2) is 7.10. The minimum Gasteiger partial charge on any atom is -0.388 e. The van der Waals surface area contributed by atoms with Crippen LogP contribution in [0.15, 0.2) is 18.0 Å². The lowest BCUT2D eigenvalue weighted by Crippen LogP contribution is -1.95. The van der Waals surface area contributed by atoms with E-state index in [-0.39, 0.29) is 0 Å². The number of rotatable bonds is 7. The van der Waals surface area contributed by atoms with E-state index in [9.17, 15) is 5.11 Å². The number of thiophene rings is 1. The summed E-state index contributed by atoms with van der Waals surface area (Å²) >= 11 is 7.66. The number of hydrogen-bond acceptors (Lipinski definition) is 2. The van der Waals surface area contributed by atoms with Crippen molar-refractivity contribution in [1.29, 1.82) is 0 Å². The summed E-state index contributed by atoms with van der Waals surface area (Å²) in [6.07, 6.45) is 6.76. The Balaban J connectivity index is 2.32. The Kier molecular flexibility index (Phi) is 6.10. The fourth-order valence-corrected chi connectivity index (χ4v) is 2.95. The molecule has 0 radical (unpaired) electrons. The molecule has 0 aliphatic carbocycles. The van der Waals surface area contributed by atoms with Crippen LogP contribution in [0.3, 0.4) is 0 Å². The van der Waals surface area contributed by atoms with Crippen LogP contribution in [-0.4, -0.2) is 5.11 Å². The molecule has 0 amide bonds. The highest BCUT2D eigenvalue weighted by Gasteiger charge is 2.14. The molecule has 0 spiro atoms. The molecule has 0 saturated heterocycles. The van der Waals surface area contributed by atoms with Gasteiger partial charge in [-0.2, -0.15) is 0 Å².